The molecule has 0 bridgehead atoms. The molecule has 3 nitrogen and oxygen atoms in total. The highest BCUT2D eigenvalue weighted by molar-refractivity contribution is 4.89. The van der Waals surface area contributed by atoms with Crippen LogP contribution in [0.1, 0.15) is 26.7 Å². The second-order valence-corrected chi connectivity index (χ2v) is 4.37. The van der Waals surface area contributed by atoms with Crippen LogP contribution in [0, 0.1) is 5.92 Å². The van der Waals surface area contributed by atoms with Crippen LogP contribution in [0.2, 0.25) is 0 Å². The van der Waals surface area contributed by atoms with E-state index in [1.54, 1.807) is 0 Å². The SMILES string of the molecule is CC(C)CC1(CO)COCCCN1. The molecule has 1 aliphatic heterocycles. The van der Waals surface area contributed by atoms with Crippen molar-refractivity contribution >= 4 is 0 Å². The van der Waals surface area contributed by atoms with E-state index in [1.807, 2.05) is 0 Å². The molecule has 1 rings (SSSR count). The highest BCUT2D eigenvalue weighted by Crippen LogP contribution is 2.18. The van der Waals surface area contributed by atoms with Gasteiger partial charge in [0, 0.05) is 6.61 Å². The van der Waals surface area contributed by atoms with Crippen molar-refractivity contribution in [3.8, 4) is 0 Å². The Bertz CT molecular complexity index is 140. The Kier molecular flexibility index (Phi) is 4.16. The summed E-state index contributed by atoms with van der Waals surface area (Å²) in [5.74, 6) is 0.585. The molecule has 1 aliphatic rings. The van der Waals surface area contributed by atoms with E-state index in [2.05, 4.69) is 19.2 Å². The highest BCUT2D eigenvalue weighted by Gasteiger charge is 2.31. The maximum atomic E-state index is 9.37. The second kappa shape index (κ2) is 4.94. The number of aliphatic hydroxyl groups excluding tert-OH is 1. The van der Waals surface area contributed by atoms with Gasteiger partial charge in [-0.25, -0.2) is 0 Å². The first-order chi connectivity index (χ1) is 6.18. The lowest BCUT2D eigenvalue weighted by molar-refractivity contribution is 0.0452. The normalized spacial score (nSPS) is 30.5. The fourth-order valence-corrected chi connectivity index (χ4v) is 1.93. The number of hydrogen-bond donors (Lipinski definition) is 2. The minimum absolute atomic E-state index is 0.172. The third kappa shape index (κ3) is 3.25. The van der Waals surface area contributed by atoms with Gasteiger partial charge in [-0.1, -0.05) is 13.8 Å². The Labute approximate surface area is 80.5 Å². The van der Waals surface area contributed by atoms with E-state index in [-0.39, 0.29) is 12.1 Å². The maximum absolute atomic E-state index is 9.37. The zero-order chi connectivity index (χ0) is 9.73. The smallest absolute Gasteiger partial charge is 0.0670 e. The summed E-state index contributed by atoms with van der Waals surface area (Å²) in [4.78, 5) is 0. The average Bonchev–Trinajstić information content (AvgIpc) is 2.30. The number of aliphatic hydroxyl groups is 1. The molecule has 0 aromatic rings. The van der Waals surface area contributed by atoms with E-state index in [0.29, 0.717) is 12.5 Å². The minimum Gasteiger partial charge on any atom is -0.394 e. The Hall–Kier alpha value is -0.120. The Morgan fingerprint density at radius 2 is 2.31 bits per heavy atom. The van der Waals surface area contributed by atoms with Crippen LogP contribution in [0.25, 0.3) is 0 Å². The summed E-state index contributed by atoms with van der Waals surface area (Å²) in [5, 5.41) is 12.8. The van der Waals surface area contributed by atoms with Gasteiger partial charge in [-0.2, -0.15) is 0 Å². The number of ether oxygens (including phenoxy) is 1. The molecule has 0 aromatic heterocycles. The van der Waals surface area contributed by atoms with Gasteiger partial charge in [0.1, 0.15) is 0 Å². The Morgan fingerprint density at radius 1 is 1.54 bits per heavy atom. The lowest BCUT2D eigenvalue weighted by Gasteiger charge is -2.32. The summed E-state index contributed by atoms with van der Waals surface area (Å²) in [7, 11) is 0. The molecular weight excluding hydrogens is 166 g/mol. The maximum Gasteiger partial charge on any atom is 0.0670 e. The molecule has 1 atom stereocenters. The van der Waals surface area contributed by atoms with Crippen LogP contribution in [-0.4, -0.2) is 37.0 Å². The first kappa shape index (κ1) is 11.0. The number of hydrogen-bond acceptors (Lipinski definition) is 3. The number of rotatable bonds is 3. The standard InChI is InChI=1S/C10H21NO2/c1-9(2)6-10(7-12)8-13-5-3-4-11-10/h9,11-12H,3-8H2,1-2H3. The molecule has 0 spiro atoms. The summed E-state index contributed by atoms with van der Waals surface area (Å²) in [5.41, 5.74) is -0.190. The molecule has 1 heterocycles. The van der Waals surface area contributed by atoms with Gasteiger partial charge in [-0.05, 0) is 25.3 Å². The van der Waals surface area contributed by atoms with Gasteiger partial charge in [0.15, 0.2) is 0 Å². The summed E-state index contributed by atoms with van der Waals surface area (Å²) in [6, 6.07) is 0. The molecule has 1 unspecified atom stereocenters. The quantitative estimate of drug-likeness (QED) is 0.686. The van der Waals surface area contributed by atoms with Crippen LogP contribution in [0.5, 0.6) is 0 Å². The van der Waals surface area contributed by atoms with Crippen LogP contribution in [0.15, 0.2) is 0 Å². The summed E-state index contributed by atoms with van der Waals surface area (Å²) >= 11 is 0. The van der Waals surface area contributed by atoms with Crippen molar-refractivity contribution in [1.82, 2.24) is 5.32 Å². The second-order valence-electron chi connectivity index (χ2n) is 4.37. The van der Waals surface area contributed by atoms with Crippen molar-refractivity contribution in [3.05, 3.63) is 0 Å². The van der Waals surface area contributed by atoms with E-state index < -0.39 is 0 Å². The number of nitrogens with one attached hydrogen (secondary N) is 1. The topological polar surface area (TPSA) is 41.5 Å². The summed E-state index contributed by atoms with van der Waals surface area (Å²) in [6.07, 6.45) is 2.02. The fraction of sp³-hybridized carbons (Fsp3) is 1.00. The van der Waals surface area contributed by atoms with Gasteiger partial charge in [-0.3, -0.25) is 0 Å². The van der Waals surface area contributed by atoms with E-state index in [9.17, 15) is 5.11 Å². The van der Waals surface area contributed by atoms with Crippen molar-refractivity contribution in [3.63, 3.8) is 0 Å². The van der Waals surface area contributed by atoms with E-state index in [4.69, 9.17) is 4.74 Å². The largest absolute Gasteiger partial charge is 0.394 e. The minimum atomic E-state index is -0.190. The molecule has 3 heteroatoms. The van der Waals surface area contributed by atoms with Gasteiger partial charge in [0.05, 0.1) is 18.8 Å². The van der Waals surface area contributed by atoms with Crippen LogP contribution in [-0.2, 0) is 4.74 Å². The van der Waals surface area contributed by atoms with Gasteiger partial charge >= 0.3 is 0 Å². The molecule has 78 valence electrons. The molecule has 1 fully saturated rings. The van der Waals surface area contributed by atoms with E-state index in [0.717, 1.165) is 26.0 Å². The lowest BCUT2D eigenvalue weighted by atomic mass is 9.90. The molecule has 0 radical (unpaired) electrons. The van der Waals surface area contributed by atoms with Gasteiger partial charge < -0.3 is 15.2 Å². The monoisotopic (exact) mass is 187 g/mol. The third-order valence-electron chi connectivity index (χ3n) is 2.45. The van der Waals surface area contributed by atoms with Crippen LogP contribution >= 0.6 is 0 Å². The molecule has 0 saturated carbocycles. The van der Waals surface area contributed by atoms with E-state index >= 15 is 0 Å². The predicted molar refractivity (Wildman–Crippen MR) is 52.7 cm³/mol. The Balaban J connectivity index is 2.53. The first-order valence-electron chi connectivity index (χ1n) is 5.12. The zero-order valence-corrected chi connectivity index (χ0v) is 8.68. The van der Waals surface area contributed by atoms with Crippen molar-refractivity contribution in [1.29, 1.82) is 0 Å². The molecular formula is C10H21NO2. The van der Waals surface area contributed by atoms with Gasteiger partial charge in [0.2, 0.25) is 0 Å². The van der Waals surface area contributed by atoms with Crippen LogP contribution in [0.3, 0.4) is 0 Å². The molecule has 0 aromatic carbocycles. The van der Waals surface area contributed by atoms with E-state index in [1.165, 1.54) is 0 Å². The van der Waals surface area contributed by atoms with Crippen LogP contribution in [0.4, 0.5) is 0 Å². The molecule has 2 N–H and O–H groups in total. The summed E-state index contributed by atoms with van der Waals surface area (Å²) in [6.45, 7) is 6.92. The zero-order valence-electron chi connectivity index (χ0n) is 8.68. The lowest BCUT2D eigenvalue weighted by Crippen LogP contribution is -2.52. The molecule has 0 aliphatic carbocycles. The van der Waals surface area contributed by atoms with Crippen molar-refractivity contribution in [2.24, 2.45) is 5.92 Å². The first-order valence-corrected chi connectivity index (χ1v) is 5.12. The average molecular weight is 187 g/mol. The van der Waals surface area contributed by atoms with Crippen LogP contribution < -0.4 is 5.32 Å². The highest BCUT2D eigenvalue weighted by atomic mass is 16.5. The Morgan fingerprint density at radius 3 is 2.92 bits per heavy atom. The van der Waals surface area contributed by atoms with Gasteiger partial charge in [0.25, 0.3) is 0 Å². The fourth-order valence-electron chi connectivity index (χ4n) is 1.93. The van der Waals surface area contributed by atoms with Crippen molar-refractivity contribution in [2.75, 3.05) is 26.4 Å². The molecule has 1 saturated heterocycles. The third-order valence-corrected chi connectivity index (χ3v) is 2.45. The summed E-state index contributed by atoms with van der Waals surface area (Å²) < 4.78 is 5.48. The van der Waals surface area contributed by atoms with Gasteiger partial charge in [-0.15, -0.1) is 0 Å². The van der Waals surface area contributed by atoms with Crippen molar-refractivity contribution in [2.45, 2.75) is 32.2 Å². The predicted octanol–water partition coefficient (Wildman–Crippen LogP) is 0.773. The molecule has 0 amide bonds. The van der Waals surface area contributed by atoms with Crippen molar-refractivity contribution < 1.29 is 9.84 Å². The molecule has 13 heavy (non-hydrogen) atoms.